The average Bonchev–Trinajstić information content (AvgIpc) is 3.99. The Morgan fingerprint density at radius 2 is 1.37 bits per heavy atom. The zero-order valence-electron chi connectivity index (χ0n) is 33.5. The molecule has 4 atom stereocenters. The molecule has 5 aliphatic rings. The van der Waals surface area contributed by atoms with Crippen LogP contribution in [-0.2, 0) is 10.8 Å². The van der Waals surface area contributed by atoms with E-state index < -0.39 is 0 Å². The van der Waals surface area contributed by atoms with Gasteiger partial charge in [-0.15, -0.1) is 0 Å². The summed E-state index contributed by atoms with van der Waals surface area (Å²) in [5.74, 6) is 1.65. The summed E-state index contributed by atoms with van der Waals surface area (Å²) in [7, 11) is 0. The maximum Gasteiger partial charge on any atom is 0.200 e. The zero-order chi connectivity index (χ0) is 39.0. The monoisotopic (exact) mass is 766 g/mol. The van der Waals surface area contributed by atoms with Gasteiger partial charge in [0, 0.05) is 38.6 Å². The predicted octanol–water partition coefficient (Wildman–Crippen LogP) is 14.0. The molecule has 0 radical (unpaired) electrons. The minimum absolute atomic E-state index is 0.0627. The Morgan fingerprint density at radius 3 is 2.27 bits per heavy atom. The molecule has 8 aromatic rings. The highest BCUT2D eigenvalue weighted by Crippen LogP contribution is 2.64. The highest BCUT2D eigenvalue weighted by atomic mass is 16.4. The smallest absolute Gasteiger partial charge is 0.200 e. The Balaban J connectivity index is 0.943. The average molecular weight is 767 g/mol. The molecular weight excluding hydrogens is 721 g/mol. The molecule has 1 fully saturated rings. The molecule has 4 heteroatoms. The second-order valence-corrected chi connectivity index (χ2v) is 18.4. The Bertz CT molecular complexity index is 3100. The molecule has 6 aromatic carbocycles. The second kappa shape index (κ2) is 12.2. The van der Waals surface area contributed by atoms with Crippen LogP contribution in [0.5, 0.6) is 0 Å². The van der Waals surface area contributed by atoms with E-state index in [1.807, 2.05) is 12.1 Å². The molecule has 59 heavy (non-hydrogen) atoms. The van der Waals surface area contributed by atoms with Gasteiger partial charge in [0.1, 0.15) is 22.9 Å². The standard InChI is InChI=1S/C55H46N2O2/c1-54(2)42-22-9-7-17-35(42)39-30-45-41(31-44(39)54)48-34(19-14-23-43(48)55(45)27-11-4-12-28-55)33-25-26-47-40(29-33)36-20-13-21-38(51(36)58-47)52-56-50(32-15-5-3-6-16-32)49-37-18-8-10-24-46(37)59-53(49)57-52/h3,5-10,13-26,29-31,39,44,50,52,56-57H,4,11-12,27-28H2,1-2H3. The van der Waals surface area contributed by atoms with Gasteiger partial charge < -0.3 is 14.2 Å². The van der Waals surface area contributed by atoms with Gasteiger partial charge in [0.2, 0.25) is 5.88 Å². The fourth-order valence-corrected chi connectivity index (χ4v) is 12.4. The Hall–Kier alpha value is -6.10. The van der Waals surface area contributed by atoms with Crippen LogP contribution in [0.4, 0.5) is 5.88 Å². The van der Waals surface area contributed by atoms with Gasteiger partial charge in [-0.25, -0.2) is 0 Å². The van der Waals surface area contributed by atoms with Crippen molar-refractivity contribution in [1.82, 2.24) is 5.32 Å². The Morgan fingerprint density at radius 1 is 0.627 bits per heavy atom. The molecule has 0 amide bonds. The summed E-state index contributed by atoms with van der Waals surface area (Å²) in [5, 5.41) is 11.1. The highest BCUT2D eigenvalue weighted by Gasteiger charge is 2.53. The predicted molar refractivity (Wildman–Crippen MR) is 240 cm³/mol. The number of benzene rings is 6. The third kappa shape index (κ3) is 4.64. The van der Waals surface area contributed by atoms with Crippen molar-refractivity contribution < 1.29 is 8.83 Å². The molecule has 2 aromatic heterocycles. The number of hydrogen-bond acceptors (Lipinski definition) is 4. The van der Waals surface area contributed by atoms with Gasteiger partial charge in [-0.05, 0) is 92.5 Å². The van der Waals surface area contributed by atoms with Crippen LogP contribution in [0.25, 0.3) is 49.6 Å². The molecule has 4 aliphatic carbocycles. The number of nitrogens with one attached hydrogen (secondary N) is 2. The minimum atomic E-state index is -0.237. The van der Waals surface area contributed by atoms with E-state index in [-0.39, 0.29) is 23.0 Å². The van der Waals surface area contributed by atoms with Gasteiger partial charge in [0.05, 0.1) is 6.04 Å². The van der Waals surface area contributed by atoms with E-state index >= 15 is 0 Å². The lowest BCUT2D eigenvalue weighted by Gasteiger charge is -2.39. The third-order valence-electron chi connectivity index (χ3n) is 15.1. The lowest BCUT2D eigenvalue weighted by molar-refractivity contribution is 0.345. The van der Waals surface area contributed by atoms with Crippen molar-refractivity contribution >= 4 is 44.4 Å². The van der Waals surface area contributed by atoms with Gasteiger partial charge in [-0.2, -0.15) is 0 Å². The van der Waals surface area contributed by atoms with Crippen molar-refractivity contribution in [3.63, 3.8) is 0 Å². The quantitative estimate of drug-likeness (QED) is 0.188. The highest BCUT2D eigenvalue weighted by molar-refractivity contribution is 6.08. The van der Waals surface area contributed by atoms with E-state index in [0.717, 1.165) is 49.9 Å². The number of allylic oxidation sites excluding steroid dienone is 4. The molecule has 3 heterocycles. The van der Waals surface area contributed by atoms with Crippen LogP contribution in [0.15, 0.2) is 160 Å². The largest absolute Gasteiger partial charge is 0.456 e. The van der Waals surface area contributed by atoms with Gasteiger partial charge in [0.15, 0.2) is 0 Å². The first-order valence-electron chi connectivity index (χ1n) is 21.7. The maximum absolute atomic E-state index is 6.85. The Labute approximate surface area is 344 Å². The van der Waals surface area contributed by atoms with Crippen LogP contribution in [0.3, 0.4) is 0 Å². The number of anilines is 1. The van der Waals surface area contributed by atoms with Crippen molar-refractivity contribution in [2.24, 2.45) is 5.92 Å². The van der Waals surface area contributed by atoms with E-state index in [4.69, 9.17) is 8.83 Å². The summed E-state index contributed by atoms with van der Waals surface area (Å²) in [6, 6.07) is 48.8. The molecular formula is C55H46N2O2. The summed E-state index contributed by atoms with van der Waals surface area (Å²) in [6.45, 7) is 4.93. The van der Waals surface area contributed by atoms with Crippen LogP contribution >= 0.6 is 0 Å². The second-order valence-electron chi connectivity index (χ2n) is 18.4. The lowest BCUT2D eigenvalue weighted by Crippen LogP contribution is -2.36. The number of furan rings is 2. The van der Waals surface area contributed by atoms with Crippen LogP contribution in [0, 0.1) is 5.92 Å². The third-order valence-corrected chi connectivity index (χ3v) is 15.1. The molecule has 1 spiro atoms. The number of hydrogen-bond donors (Lipinski definition) is 2. The van der Waals surface area contributed by atoms with E-state index in [1.165, 1.54) is 71.1 Å². The van der Waals surface area contributed by atoms with Crippen molar-refractivity contribution in [2.45, 2.75) is 74.9 Å². The van der Waals surface area contributed by atoms with Gasteiger partial charge in [-0.3, -0.25) is 5.32 Å². The first-order chi connectivity index (χ1) is 29.0. The van der Waals surface area contributed by atoms with E-state index in [1.54, 1.807) is 11.1 Å². The molecule has 2 N–H and O–H groups in total. The molecule has 0 saturated heterocycles. The van der Waals surface area contributed by atoms with Crippen molar-refractivity contribution in [1.29, 1.82) is 0 Å². The summed E-state index contributed by atoms with van der Waals surface area (Å²) in [6.07, 6.45) is 11.6. The van der Waals surface area contributed by atoms with Crippen molar-refractivity contribution in [3.8, 4) is 11.1 Å². The molecule has 288 valence electrons. The van der Waals surface area contributed by atoms with Crippen LogP contribution in [0.2, 0.25) is 0 Å². The summed E-state index contributed by atoms with van der Waals surface area (Å²) in [4.78, 5) is 0. The Kier molecular flexibility index (Phi) is 7.01. The normalized spacial score (nSPS) is 23.3. The van der Waals surface area contributed by atoms with Crippen LogP contribution in [-0.4, -0.2) is 0 Å². The lowest BCUT2D eigenvalue weighted by atomic mass is 9.64. The SMILES string of the molecule is CC1(C)c2ccccc2C2C=C3C(=CC21)c1c(-c2ccc4oc5c(C6Nc7oc8ccccc8c7C(c7ccccc7)N6)cccc5c4c2)cccc1C31CCCCC1. The van der Waals surface area contributed by atoms with E-state index in [2.05, 4.69) is 158 Å². The first-order valence-corrected chi connectivity index (χ1v) is 21.7. The maximum atomic E-state index is 6.85. The van der Waals surface area contributed by atoms with Crippen LogP contribution < -0.4 is 10.6 Å². The molecule has 13 rings (SSSR count). The molecule has 4 nitrogen and oxygen atoms in total. The summed E-state index contributed by atoms with van der Waals surface area (Å²) in [5.41, 5.74) is 17.9. The zero-order valence-corrected chi connectivity index (χ0v) is 33.5. The topological polar surface area (TPSA) is 50.3 Å². The fraction of sp³-hybridized carbons (Fsp3) is 0.236. The minimum Gasteiger partial charge on any atom is -0.456 e. The van der Waals surface area contributed by atoms with Crippen LogP contribution in [0.1, 0.15) is 103 Å². The number of para-hydroxylation sites is 2. The van der Waals surface area contributed by atoms with Crippen molar-refractivity contribution in [3.05, 3.63) is 190 Å². The molecule has 4 unspecified atom stereocenters. The molecule has 1 saturated carbocycles. The number of fused-ring (bicyclic) bond motifs is 14. The molecule has 1 aliphatic heterocycles. The fourth-order valence-electron chi connectivity index (χ4n) is 12.4. The van der Waals surface area contributed by atoms with E-state index in [0.29, 0.717) is 11.8 Å². The molecule has 0 bridgehead atoms. The van der Waals surface area contributed by atoms with Gasteiger partial charge in [0.25, 0.3) is 0 Å². The summed E-state index contributed by atoms with van der Waals surface area (Å²) >= 11 is 0. The van der Waals surface area contributed by atoms with E-state index in [9.17, 15) is 0 Å². The first kappa shape index (κ1) is 33.8. The van der Waals surface area contributed by atoms with Crippen molar-refractivity contribution in [2.75, 3.05) is 5.32 Å². The number of rotatable bonds is 3. The van der Waals surface area contributed by atoms with Gasteiger partial charge in [-0.1, -0.05) is 161 Å². The van der Waals surface area contributed by atoms with Gasteiger partial charge >= 0.3 is 0 Å². The summed E-state index contributed by atoms with van der Waals surface area (Å²) < 4.78 is 13.4.